The van der Waals surface area contributed by atoms with Crippen molar-refractivity contribution in [3.8, 4) is 0 Å². The molecule has 1 unspecified atom stereocenters. The van der Waals surface area contributed by atoms with E-state index in [4.69, 9.17) is 5.73 Å². The summed E-state index contributed by atoms with van der Waals surface area (Å²) in [6, 6.07) is 11.8. The van der Waals surface area contributed by atoms with Crippen molar-refractivity contribution in [2.24, 2.45) is 10.7 Å². The average Bonchev–Trinajstić information content (AvgIpc) is 2.63. The molecule has 0 fully saturated rings. The normalized spacial score (nSPS) is 19.3. The summed E-state index contributed by atoms with van der Waals surface area (Å²) in [6.07, 6.45) is 0.795. The lowest BCUT2D eigenvalue weighted by Gasteiger charge is -2.30. The van der Waals surface area contributed by atoms with E-state index >= 15 is 0 Å². The Morgan fingerprint density at radius 2 is 1.96 bits per heavy atom. The van der Waals surface area contributed by atoms with Crippen LogP contribution in [0.25, 0.3) is 0 Å². The molecule has 3 rings (SSSR count). The van der Waals surface area contributed by atoms with Gasteiger partial charge in [0.15, 0.2) is 5.17 Å². The Labute approximate surface area is 162 Å². The molecule has 0 saturated carbocycles. The van der Waals surface area contributed by atoms with E-state index in [2.05, 4.69) is 10.3 Å². The zero-order chi connectivity index (χ0) is 19.6. The largest absolute Gasteiger partial charge is 0.379 e. The van der Waals surface area contributed by atoms with Crippen molar-refractivity contribution in [1.29, 1.82) is 0 Å². The summed E-state index contributed by atoms with van der Waals surface area (Å²) in [5, 5.41) is 3.20. The van der Waals surface area contributed by atoms with Crippen LogP contribution in [-0.4, -0.2) is 30.9 Å². The van der Waals surface area contributed by atoms with Gasteiger partial charge in [-0.1, -0.05) is 17.8 Å². The number of carbonyl (C=O) groups excluding carboxylic acids is 1. The standard InChI is InChI=1S/C20H23FN4OS/c1-20(10-11-27-19(22)24-20)14-6-9-16(21)17(12-14)23-18(26)13-4-7-15(8-5-13)25(2)3/h4-9,12H,10-11H2,1-3H3,(H2,22,24)(H,23,26). The third kappa shape index (κ3) is 4.24. The van der Waals surface area contributed by atoms with Crippen molar-refractivity contribution < 1.29 is 9.18 Å². The van der Waals surface area contributed by atoms with Gasteiger partial charge < -0.3 is 16.0 Å². The number of rotatable bonds is 4. The first kappa shape index (κ1) is 19.2. The van der Waals surface area contributed by atoms with Gasteiger partial charge >= 0.3 is 0 Å². The van der Waals surface area contributed by atoms with Crippen molar-refractivity contribution in [1.82, 2.24) is 0 Å². The number of hydrogen-bond acceptors (Lipinski definition) is 5. The fraction of sp³-hybridized carbons (Fsp3) is 0.300. The van der Waals surface area contributed by atoms with Crippen molar-refractivity contribution in [3.63, 3.8) is 0 Å². The summed E-state index contributed by atoms with van der Waals surface area (Å²) in [6.45, 7) is 1.97. The highest BCUT2D eigenvalue weighted by Crippen LogP contribution is 2.36. The second-order valence-corrected chi connectivity index (χ2v) is 8.03. The van der Waals surface area contributed by atoms with Crippen molar-refractivity contribution in [2.45, 2.75) is 18.9 Å². The lowest BCUT2D eigenvalue weighted by atomic mass is 9.89. The zero-order valence-electron chi connectivity index (χ0n) is 15.6. The first-order chi connectivity index (χ1) is 12.8. The van der Waals surface area contributed by atoms with Crippen molar-refractivity contribution in [3.05, 3.63) is 59.4 Å². The minimum atomic E-state index is -0.518. The van der Waals surface area contributed by atoms with E-state index in [0.717, 1.165) is 23.4 Å². The van der Waals surface area contributed by atoms with Crippen LogP contribution in [-0.2, 0) is 5.54 Å². The van der Waals surface area contributed by atoms with Gasteiger partial charge in [0.25, 0.3) is 5.91 Å². The third-order valence-electron chi connectivity index (χ3n) is 4.68. The maximum absolute atomic E-state index is 14.3. The molecular formula is C20H23FN4OS. The van der Waals surface area contributed by atoms with E-state index in [9.17, 15) is 9.18 Å². The number of benzene rings is 2. The van der Waals surface area contributed by atoms with Crippen LogP contribution >= 0.6 is 11.8 Å². The average molecular weight is 386 g/mol. The molecule has 0 aliphatic carbocycles. The predicted molar refractivity (Wildman–Crippen MR) is 111 cm³/mol. The highest BCUT2D eigenvalue weighted by molar-refractivity contribution is 8.13. The number of amidine groups is 1. The van der Waals surface area contributed by atoms with Gasteiger partial charge in [0, 0.05) is 31.1 Å². The van der Waals surface area contributed by atoms with Gasteiger partial charge in [-0.25, -0.2) is 4.39 Å². The molecule has 142 valence electrons. The molecule has 27 heavy (non-hydrogen) atoms. The van der Waals surface area contributed by atoms with Gasteiger partial charge in [-0.3, -0.25) is 9.79 Å². The summed E-state index contributed by atoms with van der Waals surface area (Å²) in [4.78, 5) is 19.0. The van der Waals surface area contributed by atoms with E-state index < -0.39 is 11.4 Å². The van der Waals surface area contributed by atoms with E-state index in [1.54, 1.807) is 24.3 Å². The topological polar surface area (TPSA) is 70.7 Å². The first-order valence-corrected chi connectivity index (χ1v) is 9.64. The molecule has 2 aromatic carbocycles. The number of carbonyl (C=O) groups is 1. The highest BCUT2D eigenvalue weighted by atomic mass is 32.2. The maximum Gasteiger partial charge on any atom is 0.255 e. The summed E-state index contributed by atoms with van der Waals surface area (Å²) in [5.41, 5.74) is 7.77. The summed E-state index contributed by atoms with van der Waals surface area (Å²) >= 11 is 1.51. The van der Waals surface area contributed by atoms with Crippen LogP contribution in [0.1, 0.15) is 29.3 Å². The molecule has 0 bridgehead atoms. The molecule has 0 aromatic heterocycles. The zero-order valence-corrected chi connectivity index (χ0v) is 16.4. The predicted octanol–water partition coefficient (Wildman–Crippen LogP) is 3.81. The van der Waals surface area contributed by atoms with Gasteiger partial charge in [0.05, 0.1) is 11.2 Å². The Balaban J connectivity index is 1.84. The number of amides is 1. The Bertz CT molecular complexity index is 882. The number of nitrogens with two attached hydrogens (primary N) is 1. The van der Waals surface area contributed by atoms with Crippen LogP contribution in [0, 0.1) is 5.82 Å². The minimum absolute atomic E-state index is 0.141. The lowest BCUT2D eigenvalue weighted by molar-refractivity contribution is 0.102. The molecular weight excluding hydrogens is 363 g/mol. The fourth-order valence-electron chi connectivity index (χ4n) is 2.96. The van der Waals surface area contributed by atoms with Gasteiger partial charge in [0.2, 0.25) is 0 Å². The van der Waals surface area contributed by atoms with Gasteiger partial charge in [0.1, 0.15) is 5.82 Å². The number of thioether (sulfide) groups is 1. The van der Waals surface area contributed by atoms with E-state index in [0.29, 0.717) is 10.7 Å². The Hall–Kier alpha value is -2.54. The summed E-state index contributed by atoms with van der Waals surface area (Å²) in [5.74, 6) is 0.00909. The monoisotopic (exact) mass is 386 g/mol. The van der Waals surface area contributed by atoms with Crippen molar-refractivity contribution >= 4 is 34.2 Å². The molecule has 5 nitrogen and oxygen atoms in total. The number of hydrogen-bond donors (Lipinski definition) is 2. The van der Waals surface area contributed by atoms with Crippen LogP contribution in [0.2, 0.25) is 0 Å². The molecule has 0 radical (unpaired) electrons. The van der Waals surface area contributed by atoms with Crippen LogP contribution < -0.4 is 16.0 Å². The minimum Gasteiger partial charge on any atom is -0.379 e. The molecule has 7 heteroatoms. The fourth-order valence-corrected chi connectivity index (χ4v) is 3.93. The molecule has 1 aliphatic heterocycles. The number of aliphatic imine (C=N–C) groups is 1. The molecule has 0 spiro atoms. The number of anilines is 2. The van der Waals surface area contributed by atoms with E-state index in [1.165, 1.54) is 17.8 Å². The second-order valence-electron chi connectivity index (χ2n) is 6.91. The van der Waals surface area contributed by atoms with E-state index in [-0.39, 0.29) is 11.6 Å². The first-order valence-electron chi connectivity index (χ1n) is 8.65. The highest BCUT2D eigenvalue weighted by Gasteiger charge is 2.30. The van der Waals surface area contributed by atoms with Crippen LogP contribution in [0.5, 0.6) is 0 Å². The Morgan fingerprint density at radius 1 is 1.26 bits per heavy atom. The third-order valence-corrected chi connectivity index (χ3v) is 5.47. The smallest absolute Gasteiger partial charge is 0.255 e. The number of nitrogens with one attached hydrogen (secondary N) is 1. The molecule has 1 amide bonds. The molecule has 1 atom stereocenters. The summed E-state index contributed by atoms with van der Waals surface area (Å²) < 4.78 is 14.3. The van der Waals surface area contributed by atoms with Crippen molar-refractivity contribution in [2.75, 3.05) is 30.1 Å². The van der Waals surface area contributed by atoms with E-state index in [1.807, 2.05) is 38.1 Å². The lowest BCUT2D eigenvalue weighted by Crippen LogP contribution is -2.29. The molecule has 1 heterocycles. The molecule has 2 aromatic rings. The second kappa shape index (κ2) is 7.60. The van der Waals surface area contributed by atoms with Gasteiger partial charge in [-0.05, 0) is 55.3 Å². The SMILES string of the molecule is CN(C)c1ccc(C(=O)Nc2cc(C3(C)CCSC(N)=N3)ccc2F)cc1. The molecule has 0 saturated heterocycles. The van der Waals surface area contributed by atoms with Gasteiger partial charge in [-0.15, -0.1) is 0 Å². The van der Waals surface area contributed by atoms with Crippen LogP contribution in [0.4, 0.5) is 15.8 Å². The molecule has 1 aliphatic rings. The Morgan fingerprint density at radius 3 is 2.59 bits per heavy atom. The van der Waals surface area contributed by atoms with Crippen LogP contribution in [0.3, 0.4) is 0 Å². The van der Waals surface area contributed by atoms with Crippen LogP contribution in [0.15, 0.2) is 47.5 Å². The summed E-state index contributed by atoms with van der Waals surface area (Å²) in [7, 11) is 3.85. The quantitative estimate of drug-likeness (QED) is 0.838. The maximum atomic E-state index is 14.3. The van der Waals surface area contributed by atoms with Gasteiger partial charge in [-0.2, -0.15) is 0 Å². The number of nitrogens with zero attached hydrogens (tertiary/aromatic N) is 2. The number of halogens is 1. The Kier molecular flexibility index (Phi) is 5.41. The molecule has 3 N–H and O–H groups in total.